The molecule has 0 unspecified atom stereocenters. The predicted molar refractivity (Wildman–Crippen MR) is 132 cm³/mol. The van der Waals surface area contributed by atoms with E-state index in [1.807, 2.05) is 18.2 Å². The van der Waals surface area contributed by atoms with Crippen molar-refractivity contribution >= 4 is 44.6 Å². The molecule has 10 heteroatoms. The first-order valence-electron chi connectivity index (χ1n) is 10.6. The van der Waals surface area contributed by atoms with Crippen molar-refractivity contribution in [1.29, 1.82) is 0 Å². The highest BCUT2D eigenvalue weighted by Gasteiger charge is 2.49. The van der Waals surface area contributed by atoms with Gasteiger partial charge in [-0.3, -0.25) is 14.8 Å². The Balaban J connectivity index is 1.72. The zero-order valence-electron chi connectivity index (χ0n) is 18.1. The number of rotatable bonds is 5. The second-order valence-electron chi connectivity index (χ2n) is 8.10. The van der Waals surface area contributed by atoms with Crippen molar-refractivity contribution in [2.75, 3.05) is 18.8 Å². The Labute approximate surface area is 206 Å². The van der Waals surface area contributed by atoms with Gasteiger partial charge < -0.3 is 4.90 Å². The Hall–Kier alpha value is -2.72. The molecule has 1 aromatic heterocycles. The van der Waals surface area contributed by atoms with E-state index in [1.54, 1.807) is 54.0 Å². The summed E-state index contributed by atoms with van der Waals surface area (Å²) < 4.78 is 25.8. The summed E-state index contributed by atoms with van der Waals surface area (Å²) in [6.45, 7) is 0.174. The van der Waals surface area contributed by atoms with Crippen molar-refractivity contribution in [3.05, 3.63) is 82.2 Å². The molecule has 2 amide bonds. The fourth-order valence-corrected chi connectivity index (χ4v) is 7.92. The average molecular weight is 519 g/mol. The van der Waals surface area contributed by atoms with Crippen LogP contribution < -0.4 is 5.48 Å². The summed E-state index contributed by atoms with van der Waals surface area (Å²) in [5.41, 5.74) is 2.92. The summed E-state index contributed by atoms with van der Waals surface area (Å²) in [5, 5.41) is 9.79. The van der Waals surface area contributed by atoms with Gasteiger partial charge in [0.15, 0.2) is 9.84 Å². The number of amides is 2. The van der Waals surface area contributed by atoms with Crippen LogP contribution in [0.5, 0.6) is 0 Å². The summed E-state index contributed by atoms with van der Waals surface area (Å²) in [7, 11) is -3.88. The van der Waals surface area contributed by atoms with Crippen LogP contribution in [0.1, 0.15) is 28.1 Å². The highest BCUT2D eigenvalue weighted by Crippen LogP contribution is 2.45. The lowest BCUT2D eigenvalue weighted by atomic mass is 9.97. The molecule has 4 rings (SSSR count). The van der Waals surface area contributed by atoms with Gasteiger partial charge in [-0.15, -0.1) is 11.3 Å². The highest BCUT2D eigenvalue weighted by atomic mass is 35.5. The minimum Gasteiger partial charge on any atom is -0.338 e. The van der Waals surface area contributed by atoms with Crippen molar-refractivity contribution in [3.8, 4) is 10.4 Å². The lowest BCUT2D eigenvalue weighted by Crippen LogP contribution is -2.41. The summed E-state index contributed by atoms with van der Waals surface area (Å²) in [4.78, 5) is 28.1. The van der Waals surface area contributed by atoms with Crippen LogP contribution in [-0.4, -0.2) is 49.2 Å². The Morgan fingerprint density at radius 1 is 1.03 bits per heavy atom. The molecule has 0 saturated carbocycles. The maximum Gasteiger partial charge on any atom is 0.253 e. The molecule has 7 nitrogen and oxygen atoms in total. The lowest BCUT2D eigenvalue weighted by Gasteiger charge is -2.30. The molecule has 1 fully saturated rings. The number of halogens is 1. The zero-order chi connectivity index (χ0) is 24.3. The molecule has 0 spiro atoms. The van der Waals surface area contributed by atoms with Crippen LogP contribution in [0, 0.1) is 0 Å². The topological polar surface area (TPSA) is 104 Å². The monoisotopic (exact) mass is 518 g/mol. The van der Waals surface area contributed by atoms with Crippen LogP contribution >= 0.6 is 22.9 Å². The van der Waals surface area contributed by atoms with E-state index in [4.69, 9.17) is 11.6 Å². The Morgan fingerprint density at radius 2 is 1.74 bits per heavy atom. The quantitative estimate of drug-likeness (QED) is 0.390. The Kier molecular flexibility index (Phi) is 7.09. The standard InChI is InChI=1S/C24H23ClN2O5S2/c25-19-8-6-17(7-9-19)20-10-11-21(33-20)24(16-22(28)26-30)12-13-27(14-15-34(24,31)32)23(29)18-4-2-1-3-5-18/h1-11,30H,12-16H2,(H,26,28)/t24-/m0/s1. The van der Waals surface area contributed by atoms with Gasteiger partial charge in [0.1, 0.15) is 4.75 Å². The van der Waals surface area contributed by atoms with E-state index < -0.39 is 26.9 Å². The number of hydrogen-bond donors (Lipinski definition) is 2. The number of hydroxylamine groups is 1. The summed E-state index contributed by atoms with van der Waals surface area (Å²) in [6, 6.07) is 19.4. The molecule has 1 aliphatic heterocycles. The lowest BCUT2D eigenvalue weighted by molar-refractivity contribution is -0.129. The van der Waals surface area contributed by atoms with E-state index in [0.29, 0.717) is 15.5 Å². The van der Waals surface area contributed by atoms with E-state index in [0.717, 1.165) is 10.4 Å². The van der Waals surface area contributed by atoms with Gasteiger partial charge in [0.05, 0.1) is 12.2 Å². The Bertz CT molecular complexity index is 1290. The molecular formula is C24H23ClN2O5S2. The fourth-order valence-electron chi connectivity index (χ4n) is 4.19. The van der Waals surface area contributed by atoms with E-state index in [1.165, 1.54) is 16.2 Å². The maximum atomic E-state index is 13.7. The van der Waals surface area contributed by atoms with Crippen LogP contribution in [0.2, 0.25) is 5.02 Å². The van der Waals surface area contributed by atoms with Crippen molar-refractivity contribution in [3.63, 3.8) is 0 Å². The number of hydrogen-bond acceptors (Lipinski definition) is 6. The van der Waals surface area contributed by atoms with Crippen molar-refractivity contribution in [2.24, 2.45) is 0 Å². The second kappa shape index (κ2) is 9.87. The molecular weight excluding hydrogens is 496 g/mol. The van der Waals surface area contributed by atoms with E-state index >= 15 is 0 Å². The van der Waals surface area contributed by atoms with Gasteiger partial charge in [-0.1, -0.05) is 41.9 Å². The highest BCUT2D eigenvalue weighted by molar-refractivity contribution is 7.92. The van der Waals surface area contributed by atoms with Gasteiger partial charge in [-0.2, -0.15) is 0 Å². The number of nitrogens with zero attached hydrogens (tertiary/aromatic N) is 1. The zero-order valence-corrected chi connectivity index (χ0v) is 20.5. The first kappa shape index (κ1) is 24.4. The Morgan fingerprint density at radius 3 is 2.41 bits per heavy atom. The van der Waals surface area contributed by atoms with Crippen molar-refractivity contribution in [2.45, 2.75) is 17.6 Å². The normalized spacial score (nSPS) is 19.9. The van der Waals surface area contributed by atoms with Crippen molar-refractivity contribution in [1.82, 2.24) is 10.4 Å². The number of nitrogens with one attached hydrogen (secondary N) is 1. The third-order valence-corrected chi connectivity index (χ3v) is 10.3. The number of sulfone groups is 1. The third kappa shape index (κ3) is 4.74. The van der Waals surface area contributed by atoms with E-state index in [2.05, 4.69) is 0 Å². The summed E-state index contributed by atoms with van der Waals surface area (Å²) >= 11 is 7.26. The van der Waals surface area contributed by atoms with Gasteiger partial charge in [0.2, 0.25) is 5.91 Å². The molecule has 2 heterocycles. The molecule has 0 bridgehead atoms. The maximum absolute atomic E-state index is 13.7. The molecule has 1 atom stereocenters. The number of carbonyl (C=O) groups is 2. The molecule has 2 aromatic carbocycles. The molecule has 0 radical (unpaired) electrons. The fraction of sp³-hybridized carbons (Fsp3) is 0.250. The average Bonchev–Trinajstić information content (AvgIpc) is 3.29. The largest absolute Gasteiger partial charge is 0.338 e. The number of benzene rings is 2. The van der Waals surface area contributed by atoms with Crippen LogP contribution in [0.4, 0.5) is 0 Å². The van der Waals surface area contributed by atoms with Gasteiger partial charge >= 0.3 is 0 Å². The van der Waals surface area contributed by atoms with Crippen LogP contribution in [0.25, 0.3) is 10.4 Å². The minimum absolute atomic E-state index is 0.0218. The smallest absolute Gasteiger partial charge is 0.253 e. The second-order valence-corrected chi connectivity index (χ2v) is 12.0. The first-order chi connectivity index (χ1) is 16.3. The predicted octanol–water partition coefficient (Wildman–Crippen LogP) is 4.12. The molecule has 2 N–H and O–H groups in total. The molecule has 3 aromatic rings. The van der Waals surface area contributed by atoms with Gasteiger partial charge in [-0.05, 0) is 48.4 Å². The van der Waals surface area contributed by atoms with Gasteiger partial charge in [0, 0.05) is 33.4 Å². The molecule has 178 valence electrons. The van der Waals surface area contributed by atoms with Crippen LogP contribution in [0.3, 0.4) is 0 Å². The summed E-state index contributed by atoms with van der Waals surface area (Å²) in [6.07, 6.45) is -0.415. The SMILES string of the molecule is O=C(C[C@]1(c2ccc(-c3ccc(Cl)cc3)s2)CCN(C(=O)c2ccccc2)CCS1(=O)=O)NO. The molecule has 1 saturated heterocycles. The van der Waals surface area contributed by atoms with Crippen molar-refractivity contribution < 1.29 is 23.2 Å². The minimum atomic E-state index is -3.88. The van der Waals surface area contributed by atoms with Crippen LogP contribution in [-0.2, 0) is 19.4 Å². The van der Waals surface area contributed by atoms with E-state index in [9.17, 15) is 23.2 Å². The number of thiophene rings is 1. The molecule has 0 aliphatic carbocycles. The first-order valence-corrected chi connectivity index (χ1v) is 13.5. The van der Waals surface area contributed by atoms with Crippen LogP contribution in [0.15, 0.2) is 66.7 Å². The number of carbonyl (C=O) groups excluding carboxylic acids is 2. The van der Waals surface area contributed by atoms with Gasteiger partial charge in [0.25, 0.3) is 5.91 Å². The van der Waals surface area contributed by atoms with E-state index in [-0.39, 0.29) is 31.2 Å². The molecule has 34 heavy (non-hydrogen) atoms. The third-order valence-electron chi connectivity index (χ3n) is 6.07. The molecule has 1 aliphatic rings. The summed E-state index contributed by atoms with van der Waals surface area (Å²) in [5.74, 6) is -1.35. The van der Waals surface area contributed by atoms with Gasteiger partial charge in [-0.25, -0.2) is 13.9 Å².